The molecule has 0 amide bonds. The van der Waals surface area contributed by atoms with E-state index in [1.165, 1.54) is 0 Å². The summed E-state index contributed by atoms with van der Waals surface area (Å²) in [5, 5.41) is 6.39. The van der Waals surface area contributed by atoms with Gasteiger partial charge in [0.1, 0.15) is 0 Å². The van der Waals surface area contributed by atoms with E-state index < -0.39 is 15.6 Å². The number of aliphatic imine (C=N–C) groups is 1. The summed E-state index contributed by atoms with van der Waals surface area (Å²) in [7, 11) is -1.53. The van der Waals surface area contributed by atoms with E-state index in [1.54, 1.807) is 7.05 Å². The molecule has 0 bridgehead atoms. The van der Waals surface area contributed by atoms with E-state index in [4.69, 9.17) is 0 Å². The summed E-state index contributed by atoms with van der Waals surface area (Å²) in [6, 6.07) is 0.289. The number of nitrogens with one attached hydrogen (secondary N) is 3. The summed E-state index contributed by atoms with van der Waals surface area (Å²) in [4.78, 5) is 4.13. The van der Waals surface area contributed by atoms with Gasteiger partial charge in [-0.25, -0.2) is 13.1 Å². The fourth-order valence-electron chi connectivity index (χ4n) is 1.42. The van der Waals surface area contributed by atoms with Gasteiger partial charge in [-0.15, -0.1) is 0 Å². The van der Waals surface area contributed by atoms with Gasteiger partial charge in [0.2, 0.25) is 10.0 Å². The first-order valence-corrected chi connectivity index (χ1v) is 8.32. The molecule has 0 aromatic rings. The zero-order valence-corrected chi connectivity index (χ0v) is 13.9. The van der Waals surface area contributed by atoms with Crippen molar-refractivity contribution in [1.82, 2.24) is 15.4 Å². The van der Waals surface area contributed by atoms with Crippen LogP contribution in [-0.4, -0.2) is 45.8 Å². The molecular formula is C12H28N4O2S. The van der Waals surface area contributed by atoms with Crippen LogP contribution < -0.4 is 15.4 Å². The Hall–Kier alpha value is -0.820. The highest BCUT2D eigenvalue weighted by molar-refractivity contribution is 7.88. The average Bonchev–Trinajstić information content (AvgIpc) is 2.20. The molecule has 0 saturated heterocycles. The maximum absolute atomic E-state index is 11.2. The predicted octanol–water partition coefficient (Wildman–Crippen LogP) is 0.524. The number of sulfonamides is 1. The van der Waals surface area contributed by atoms with Crippen LogP contribution in [-0.2, 0) is 10.0 Å². The topological polar surface area (TPSA) is 82.6 Å². The largest absolute Gasteiger partial charge is 0.355 e. The zero-order valence-electron chi connectivity index (χ0n) is 13.0. The molecule has 0 heterocycles. The molecule has 0 spiro atoms. The van der Waals surface area contributed by atoms with Crippen LogP contribution in [0.2, 0.25) is 0 Å². The molecule has 0 radical (unpaired) electrons. The van der Waals surface area contributed by atoms with E-state index in [0.29, 0.717) is 18.4 Å². The Labute approximate surface area is 117 Å². The molecular weight excluding hydrogens is 264 g/mol. The Kier molecular flexibility index (Phi) is 6.79. The average molecular weight is 292 g/mol. The molecule has 0 aliphatic heterocycles. The first kappa shape index (κ1) is 18.2. The van der Waals surface area contributed by atoms with Crippen LogP contribution >= 0.6 is 0 Å². The van der Waals surface area contributed by atoms with E-state index >= 15 is 0 Å². The lowest BCUT2D eigenvalue weighted by atomic mass is 10.1. The van der Waals surface area contributed by atoms with Crippen LogP contribution in [0, 0.1) is 5.92 Å². The molecule has 1 unspecified atom stereocenters. The molecule has 0 fully saturated rings. The van der Waals surface area contributed by atoms with Gasteiger partial charge < -0.3 is 10.6 Å². The third-order valence-electron chi connectivity index (χ3n) is 2.75. The summed E-state index contributed by atoms with van der Waals surface area (Å²) in [6.45, 7) is 10.4. The van der Waals surface area contributed by atoms with Gasteiger partial charge in [0.25, 0.3) is 0 Å². The molecule has 1 atom stereocenters. The summed E-state index contributed by atoms with van der Waals surface area (Å²) >= 11 is 0. The SMILES string of the molecule is CN=C(NCC(C)(C)NS(C)(=O)=O)NC(C)C(C)C. The minimum atomic E-state index is -3.22. The lowest BCUT2D eigenvalue weighted by molar-refractivity contribution is 0.438. The Balaban J connectivity index is 4.44. The number of nitrogens with zero attached hydrogens (tertiary/aromatic N) is 1. The maximum atomic E-state index is 11.2. The first-order chi connectivity index (χ1) is 8.47. The van der Waals surface area contributed by atoms with Gasteiger partial charge >= 0.3 is 0 Å². The Morgan fingerprint density at radius 3 is 2.16 bits per heavy atom. The van der Waals surface area contributed by atoms with Gasteiger partial charge in [0.05, 0.1) is 6.26 Å². The molecule has 19 heavy (non-hydrogen) atoms. The van der Waals surface area contributed by atoms with Gasteiger partial charge in [-0.3, -0.25) is 4.99 Å². The van der Waals surface area contributed by atoms with Crippen molar-refractivity contribution in [3.63, 3.8) is 0 Å². The second-order valence-electron chi connectivity index (χ2n) is 5.86. The molecule has 0 saturated carbocycles. The quantitative estimate of drug-likeness (QED) is 0.492. The van der Waals surface area contributed by atoms with Gasteiger partial charge in [-0.2, -0.15) is 0 Å². The van der Waals surface area contributed by atoms with Crippen molar-refractivity contribution >= 4 is 16.0 Å². The van der Waals surface area contributed by atoms with Crippen LogP contribution in [0.4, 0.5) is 0 Å². The van der Waals surface area contributed by atoms with Gasteiger partial charge in [-0.05, 0) is 26.7 Å². The molecule has 114 valence electrons. The summed E-state index contributed by atoms with van der Waals surface area (Å²) < 4.78 is 25.1. The third kappa shape index (κ3) is 8.83. The lowest BCUT2D eigenvalue weighted by Crippen LogP contribution is -2.54. The number of guanidine groups is 1. The number of hydrogen-bond acceptors (Lipinski definition) is 3. The fourth-order valence-corrected chi connectivity index (χ4v) is 2.50. The van der Waals surface area contributed by atoms with Crippen molar-refractivity contribution < 1.29 is 8.42 Å². The molecule has 0 aromatic carbocycles. The maximum Gasteiger partial charge on any atom is 0.209 e. The van der Waals surface area contributed by atoms with Crippen LogP contribution in [0.5, 0.6) is 0 Å². The Bertz CT molecular complexity index is 402. The summed E-state index contributed by atoms with van der Waals surface area (Å²) in [5.41, 5.74) is -0.577. The highest BCUT2D eigenvalue weighted by atomic mass is 32.2. The molecule has 0 aromatic heterocycles. The van der Waals surface area contributed by atoms with Gasteiger partial charge in [0.15, 0.2) is 5.96 Å². The van der Waals surface area contributed by atoms with Crippen molar-refractivity contribution in [3.05, 3.63) is 0 Å². The third-order valence-corrected chi connectivity index (χ3v) is 3.67. The molecule has 7 heteroatoms. The second kappa shape index (κ2) is 7.09. The van der Waals surface area contributed by atoms with Crippen molar-refractivity contribution in [2.45, 2.75) is 46.2 Å². The second-order valence-corrected chi connectivity index (χ2v) is 7.61. The van der Waals surface area contributed by atoms with Crippen LogP contribution in [0.15, 0.2) is 4.99 Å². The smallest absolute Gasteiger partial charge is 0.209 e. The van der Waals surface area contributed by atoms with Crippen LogP contribution in [0.25, 0.3) is 0 Å². The summed E-state index contributed by atoms with van der Waals surface area (Å²) in [5.74, 6) is 1.16. The van der Waals surface area contributed by atoms with E-state index in [0.717, 1.165) is 6.26 Å². The molecule has 0 aliphatic rings. The zero-order chi connectivity index (χ0) is 15.3. The van der Waals surface area contributed by atoms with Crippen molar-refractivity contribution in [2.75, 3.05) is 19.8 Å². The predicted molar refractivity (Wildman–Crippen MR) is 80.9 cm³/mol. The van der Waals surface area contributed by atoms with Gasteiger partial charge in [0, 0.05) is 25.2 Å². The van der Waals surface area contributed by atoms with E-state index in [9.17, 15) is 8.42 Å². The van der Waals surface area contributed by atoms with Crippen molar-refractivity contribution in [1.29, 1.82) is 0 Å². The highest BCUT2D eigenvalue weighted by Crippen LogP contribution is 2.02. The van der Waals surface area contributed by atoms with Crippen molar-refractivity contribution in [2.24, 2.45) is 10.9 Å². The van der Waals surface area contributed by atoms with Crippen LogP contribution in [0.3, 0.4) is 0 Å². The van der Waals surface area contributed by atoms with E-state index in [-0.39, 0.29) is 6.04 Å². The fraction of sp³-hybridized carbons (Fsp3) is 0.917. The van der Waals surface area contributed by atoms with E-state index in [1.807, 2.05) is 13.8 Å². The summed E-state index contributed by atoms with van der Waals surface area (Å²) in [6.07, 6.45) is 1.16. The number of hydrogen-bond donors (Lipinski definition) is 3. The molecule has 6 nitrogen and oxygen atoms in total. The number of rotatable bonds is 6. The lowest BCUT2D eigenvalue weighted by Gasteiger charge is -2.27. The minimum absolute atomic E-state index is 0.289. The normalized spacial score (nSPS) is 15.5. The minimum Gasteiger partial charge on any atom is -0.355 e. The first-order valence-electron chi connectivity index (χ1n) is 6.43. The monoisotopic (exact) mass is 292 g/mol. The highest BCUT2D eigenvalue weighted by Gasteiger charge is 2.22. The molecule has 0 rings (SSSR count). The van der Waals surface area contributed by atoms with Gasteiger partial charge in [-0.1, -0.05) is 13.8 Å². The van der Waals surface area contributed by atoms with Crippen molar-refractivity contribution in [3.8, 4) is 0 Å². The van der Waals surface area contributed by atoms with Crippen LogP contribution in [0.1, 0.15) is 34.6 Å². The standard InChI is InChI=1S/C12H28N4O2S/c1-9(2)10(3)15-11(13-6)14-8-12(4,5)16-19(7,17)18/h9-10,16H,8H2,1-7H3,(H2,13,14,15). The molecule has 0 aliphatic carbocycles. The van der Waals surface area contributed by atoms with E-state index in [2.05, 4.69) is 41.1 Å². The Morgan fingerprint density at radius 1 is 1.26 bits per heavy atom. The molecule has 3 N–H and O–H groups in total. The Morgan fingerprint density at radius 2 is 1.79 bits per heavy atom.